The van der Waals surface area contributed by atoms with Gasteiger partial charge in [0.15, 0.2) is 0 Å². The molecule has 10 heteroatoms. The Morgan fingerprint density at radius 3 is 1.33 bits per heavy atom. The molecule has 0 aliphatic carbocycles. The quantitative estimate of drug-likeness (QED) is 0.0799. The van der Waals surface area contributed by atoms with E-state index in [1.807, 2.05) is 88.4 Å². The SMILES string of the molecule is CCN(CCOC(=O)CCCCCCCC(=O)OCCN(CC)c1ccc(C=C(C#N)C#N)c(C)c1)c1ccc(C=C(C#N)C#N)c(C)c1. The zero-order chi connectivity index (χ0) is 36.0. The number of unbranched alkanes of at least 4 members (excludes halogenated alkanes) is 4. The van der Waals surface area contributed by atoms with Gasteiger partial charge in [0.05, 0.1) is 13.1 Å². The molecule has 0 radical (unpaired) electrons. The number of nitriles is 4. The second-order valence-electron chi connectivity index (χ2n) is 11.5. The third-order valence-corrected chi connectivity index (χ3v) is 8.09. The molecule has 256 valence electrons. The topological polar surface area (TPSA) is 154 Å². The first-order valence-corrected chi connectivity index (χ1v) is 16.8. The molecule has 0 N–H and O–H groups in total. The van der Waals surface area contributed by atoms with Crippen molar-refractivity contribution in [2.24, 2.45) is 0 Å². The summed E-state index contributed by atoms with van der Waals surface area (Å²) in [4.78, 5) is 28.7. The molecular weight excluding hydrogens is 616 g/mol. The zero-order valence-electron chi connectivity index (χ0n) is 29.1. The van der Waals surface area contributed by atoms with E-state index >= 15 is 0 Å². The third kappa shape index (κ3) is 14.0. The number of carbonyl (C=O) groups excluding carboxylic acids is 2. The molecule has 0 heterocycles. The Morgan fingerprint density at radius 2 is 1.00 bits per heavy atom. The first-order valence-electron chi connectivity index (χ1n) is 16.8. The van der Waals surface area contributed by atoms with E-state index in [1.165, 1.54) is 0 Å². The zero-order valence-corrected chi connectivity index (χ0v) is 29.1. The highest BCUT2D eigenvalue weighted by Gasteiger charge is 2.11. The molecule has 0 bridgehead atoms. The van der Waals surface area contributed by atoms with Crippen LogP contribution in [0.25, 0.3) is 12.2 Å². The van der Waals surface area contributed by atoms with Gasteiger partial charge in [0, 0.05) is 37.3 Å². The summed E-state index contributed by atoms with van der Waals surface area (Å²) in [5.41, 5.74) is 5.62. The molecule has 0 aliphatic rings. The normalized spacial score (nSPS) is 9.96. The fourth-order valence-corrected chi connectivity index (χ4v) is 5.22. The number of hydrogen-bond acceptors (Lipinski definition) is 10. The molecule has 0 unspecified atom stereocenters. The van der Waals surface area contributed by atoms with Gasteiger partial charge in [-0.15, -0.1) is 0 Å². The lowest BCUT2D eigenvalue weighted by Gasteiger charge is -2.23. The van der Waals surface area contributed by atoms with Gasteiger partial charge in [-0.2, -0.15) is 21.0 Å². The van der Waals surface area contributed by atoms with E-state index in [4.69, 9.17) is 30.5 Å². The number of esters is 2. The van der Waals surface area contributed by atoms with E-state index in [1.54, 1.807) is 12.2 Å². The summed E-state index contributed by atoms with van der Waals surface area (Å²) in [6.45, 7) is 11.1. The summed E-state index contributed by atoms with van der Waals surface area (Å²) >= 11 is 0. The highest BCUT2D eigenvalue weighted by atomic mass is 16.5. The molecule has 49 heavy (non-hydrogen) atoms. The summed E-state index contributed by atoms with van der Waals surface area (Å²) in [6, 6.07) is 19.2. The van der Waals surface area contributed by atoms with Crippen LogP contribution in [-0.4, -0.2) is 51.3 Å². The smallest absolute Gasteiger partial charge is 0.305 e. The Bertz CT molecular complexity index is 1500. The van der Waals surface area contributed by atoms with Crippen molar-refractivity contribution in [3.05, 3.63) is 69.8 Å². The number of hydrogen-bond donors (Lipinski definition) is 0. The van der Waals surface area contributed by atoms with Gasteiger partial charge in [0.2, 0.25) is 0 Å². The van der Waals surface area contributed by atoms with E-state index in [-0.39, 0.29) is 36.3 Å². The van der Waals surface area contributed by atoms with Gasteiger partial charge in [-0.1, -0.05) is 31.4 Å². The van der Waals surface area contributed by atoms with Crippen LogP contribution in [0.3, 0.4) is 0 Å². The Morgan fingerprint density at radius 1 is 0.633 bits per heavy atom. The van der Waals surface area contributed by atoms with Crippen molar-refractivity contribution in [1.82, 2.24) is 0 Å². The number of nitrogens with zero attached hydrogens (tertiary/aromatic N) is 6. The van der Waals surface area contributed by atoms with Crippen molar-refractivity contribution in [3.8, 4) is 24.3 Å². The molecule has 2 rings (SSSR count). The van der Waals surface area contributed by atoms with Crippen molar-refractivity contribution in [2.45, 2.75) is 72.6 Å². The molecule has 0 fully saturated rings. The van der Waals surface area contributed by atoms with Crippen LogP contribution in [0.15, 0.2) is 47.5 Å². The number of rotatable bonds is 20. The maximum absolute atomic E-state index is 12.3. The number of anilines is 2. The second-order valence-corrected chi connectivity index (χ2v) is 11.5. The molecule has 0 aromatic heterocycles. The van der Waals surface area contributed by atoms with Crippen molar-refractivity contribution < 1.29 is 19.1 Å². The summed E-state index contributed by atoms with van der Waals surface area (Å²) in [6.07, 6.45) is 8.06. The van der Waals surface area contributed by atoms with Gasteiger partial charge in [-0.3, -0.25) is 9.59 Å². The average Bonchev–Trinajstić information content (AvgIpc) is 3.10. The summed E-state index contributed by atoms with van der Waals surface area (Å²) in [5, 5.41) is 36.0. The van der Waals surface area contributed by atoms with Crippen LogP contribution in [0.1, 0.15) is 81.0 Å². The molecular formula is C39H46N6O4. The highest BCUT2D eigenvalue weighted by Crippen LogP contribution is 2.22. The fourth-order valence-electron chi connectivity index (χ4n) is 5.22. The lowest BCUT2D eigenvalue weighted by Crippen LogP contribution is -2.28. The van der Waals surface area contributed by atoms with E-state index in [0.29, 0.717) is 25.9 Å². The number of carbonyl (C=O) groups is 2. The van der Waals surface area contributed by atoms with Crippen LogP contribution >= 0.6 is 0 Å². The number of allylic oxidation sites excluding steroid dienone is 2. The van der Waals surface area contributed by atoms with Crippen LogP contribution in [0.2, 0.25) is 0 Å². The molecule has 0 saturated heterocycles. The molecule has 10 nitrogen and oxygen atoms in total. The van der Waals surface area contributed by atoms with Gasteiger partial charge >= 0.3 is 11.9 Å². The Hall–Kier alpha value is -5.58. The highest BCUT2D eigenvalue weighted by molar-refractivity contribution is 5.70. The predicted octanol–water partition coefficient (Wildman–Crippen LogP) is 7.33. The van der Waals surface area contributed by atoms with Gasteiger partial charge in [0.25, 0.3) is 0 Å². The van der Waals surface area contributed by atoms with Crippen LogP contribution in [0.4, 0.5) is 11.4 Å². The van der Waals surface area contributed by atoms with Crippen molar-refractivity contribution in [1.29, 1.82) is 21.0 Å². The third-order valence-electron chi connectivity index (χ3n) is 8.09. The summed E-state index contributed by atoms with van der Waals surface area (Å²) < 4.78 is 10.9. The monoisotopic (exact) mass is 662 g/mol. The Labute approximate surface area is 291 Å². The minimum absolute atomic E-state index is 0.0579. The maximum Gasteiger partial charge on any atom is 0.305 e. The van der Waals surface area contributed by atoms with Crippen LogP contribution in [0, 0.1) is 59.2 Å². The van der Waals surface area contributed by atoms with E-state index in [2.05, 4.69) is 9.80 Å². The number of aryl methyl sites for hydroxylation is 2. The average molecular weight is 663 g/mol. The number of ether oxygens (including phenoxy) is 2. The largest absolute Gasteiger partial charge is 0.464 e. The molecule has 0 atom stereocenters. The second kappa shape index (κ2) is 22.1. The van der Waals surface area contributed by atoms with Gasteiger partial charge in [0.1, 0.15) is 48.6 Å². The molecule has 2 aromatic carbocycles. The first kappa shape index (κ1) is 39.6. The minimum Gasteiger partial charge on any atom is -0.464 e. The van der Waals surface area contributed by atoms with Crippen molar-refractivity contribution in [3.63, 3.8) is 0 Å². The maximum atomic E-state index is 12.3. The van der Waals surface area contributed by atoms with Gasteiger partial charge in [-0.05, 0) is 99.2 Å². The standard InChI is InChI=1S/C39H46N6O4/c1-5-44(36-16-14-34(30(3)22-36)24-32(26-40)27-41)18-20-48-38(46)12-10-8-7-9-11-13-39(47)49-21-19-45(6-2)37-17-15-35(31(4)23-37)25-33(28-42)29-43/h14-17,22-25H,5-13,18-21H2,1-4H3. The molecule has 0 spiro atoms. The predicted molar refractivity (Wildman–Crippen MR) is 191 cm³/mol. The molecule has 0 saturated carbocycles. The van der Waals surface area contributed by atoms with Crippen LogP contribution in [0.5, 0.6) is 0 Å². The molecule has 0 aliphatic heterocycles. The lowest BCUT2D eigenvalue weighted by molar-refractivity contribution is -0.144. The Balaban J connectivity index is 1.60. The van der Waals surface area contributed by atoms with Crippen LogP contribution in [-0.2, 0) is 19.1 Å². The van der Waals surface area contributed by atoms with Gasteiger partial charge in [-0.25, -0.2) is 0 Å². The Kier molecular flexibility index (Phi) is 17.8. The number of benzene rings is 2. The summed E-state index contributed by atoms with van der Waals surface area (Å²) in [5.74, 6) is -0.430. The van der Waals surface area contributed by atoms with Crippen molar-refractivity contribution in [2.75, 3.05) is 49.2 Å². The van der Waals surface area contributed by atoms with E-state index in [9.17, 15) is 9.59 Å². The van der Waals surface area contributed by atoms with Crippen LogP contribution < -0.4 is 9.80 Å². The fraction of sp³-hybridized carbons (Fsp3) is 0.436. The summed E-state index contributed by atoms with van der Waals surface area (Å²) in [7, 11) is 0. The van der Waals surface area contributed by atoms with E-state index < -0.39 is 0 Å². The van der Waals surface area contributed by atoms with Crippen molar-refractivity contribution >= 4 is 35.5 Å². The lowest BCUT2D eigenvalue weighted by atomic mass is 10.0. The first-order chi connectivity index (χ1) is 23.7. The molecule has 0 amide bonds. The molecule has 2 aromatic rings. The van der Waals surface area contributed by atoms with E-state index in [0.717, 1.165) is 78.8 Å². The minimum atomic E-state index is -0.215. The van der Waals surface area contributed by atoms with Gasteiger partial charge < -0.3 is 19.3 Å². The number of likely N-dealkylation sites (N-methyl/N-ethyl adjacent to an activating group) is 2.